The maximum absolute atomic E-state index is 11.5. The second kappa shape index (κ2) is 14.0. The molecule has 1 aliphatic heterocycles. The topological polar surface area (TPSA) is 95.1 Å². The molecule has 2 rings (SSSR count). The summed E-state index contributed by atoms with van der Waals surface area (Å²) >= 11 is 0. The number of hydrogen-bond acceptors (Lipinski definition) is 5. The third-order valence-electron chi connectivity index (χ3n) is 5.12. The van der Waals surface area contributed by atoms with E-state index in [0.29, 0.717) is 19.5 Å². The van der Waals surface area contributed by atoms with Crippen molar-refractivity contribution in [2.45, 2.75) is 32.2 Å². The lowest BCUT2D eigenvalue weighted by atomic mass is 10.1. The van der Waals surface area contributed by atoms with Gasteiger partial charge in [-0.2, -0.15) is 0 Å². The van der Waals surface area contributed by atoms with Gasteiger partial charge in [0.15, 0.2) is 5.96 Å². The van der Waals surface area contributed by atoms with Crippen molar-refractivity contribution >= 4 is 40.0 Å². The highest BCUT2D eigenvalue weighted by atomic mass is 127. The Balaban J connectivity index is 0.00000450. The molecule has 0 radical (unpaired) electrons. The molecule has 0 aromatic heterocycles. The summed E-state index contributed by atoms with van der Waals surface area (Å²) in [6, 6.07) is 8.52. The van der Waals surface area contributed by atoms with Crippen LogP contribution in [0.25, 0.3) is 0 Å². The number of likely N-dealkylation sites (tertiary alicyclic amines) is 1. The Hall–Kier alpha value is -1.11. The normalized spacial score (nSPS) is 16.0. The van der Waals surface area contributed by atoms with Crippen LogP contribution >= 0.6 is 24.0 Å². The minimum atomic E-state index is -3.13. The van der Waals surface area contributed by atoms with Gasteiger partial charge in [-0.25, -0.2) is 13.1 Å². The number of methoxy groups -OCH3 is 1. The largest absolute Gasteiger partial charge is 0.497 e. The Morgan fingerprint density at radius 2 is 1.83 bits per heavy atom. The second-order valence-corrected chi connectivity index (χ2v) is 9.16. The van der Waals surface area contributed by atoms with Crippen molar-refractivity contribution in [3.05, 3.63) is 29.8 Å². The molecule has 1 saturated heterocycles. The fourth-order valence-corrected chi connectivity index (χ4v) is 4.04. The van der Waals surface area contributed by atoms with E-state index in [1.54, 1.807) is 21.1 Å². The first-order chi connectivity index (χ1) is 14.0. The van der Waals surface area contributed by atoms with Gasteiger partial charge in [-0.05, 0) is 57.0 Å². The number of benzene rings is 1. The molecule has 1 atom stereocenters. The Labute approximate surface area is 198 Å². The molecule has 1 aliphatic rings. The summed E-state index contributed by atoms with van der Waals surface area (Å²) in [6.07, 6.45) is 3.15. The average molecular weight is 554 g/mol. The van der Waals surface area contributed by atoms with E-state index < -0.39 is 10.0 Å². The fraction of sp³-hybridized carbons (Fsp3) is 0.650. The Bertz CT molecular complexity index is 737. The van der Waals surface area contributed by atoms with Gasteiger partial charge in [-0.3, -0.25) is 9.89 Å². The highest BCUT2D eigenvalue weighted by molar-refractivity contribution is 14.0. The maximum Gasteiger partial charge on any atom is 0.211 e. The first kappa shape index (κ1) is 26.9. The monoisotopic (exact) mass is 553 g/mol. The molecule has 0 bridgehead atoms. The quantitative estimate of drug-likeness (QED) is 0.168. The zero-order valence-corrected chi connectivity index (χ0v) is 21.3. The molecule has 3 N–H and O–H groups in total. The summed E-state index contributed by atoms with van der Waals surface area (Å²) in [5, 5.41) is 6.67. The molecular formula is C20H36IN5O3S. The standard InChI is InChI=1S/C20H35N5O3S.HI/c1-4-29(26,27)24-13-7-12-22-20(21-2)23-16-19(25-14-5-6-15-25)17-8-10-18(28-3)11-9-17;/h8-11,19,24H,4-7,12-16H2,1-3H3,(H2,21,22,23);1H. The summed E-state index contributed by atoms with van der Waals surface area (Å²) in [6.45, 7) is 5.63. The third-order valence-corrected chi connectivity index (χ3v) is 6.52. The molecule has 0 spiro atoms. The van der Waals surface area contributed by atoms with Crippen molar-refractivity contribution < 1.29 is 13.2 Å². The lowest BCUT2D eigenvalue weighted by Gasteiger charge is -2.29. The average Bonchev–Trinajstić information content (AvgIpc) is 3.27. The lowest BCUT2D eigenvalue weighted by Crippen LogP contribution is -2.43. The highest BCUT2D eigenvalue weighted by Gasteiger charge is 2.23. The van der Waals surface area contributed by atoms with Crippen LogP contribution in [0.3, 0.4) is 0 Å². The second-order valence-electron chi connectivity index (χ2n) is 7.06. The van der Waals surface area contributed by atoms with Crippen LogP contribution in [-0.4, -0.2) is 71.9 Å². The fourth-order valence-electron chi connectivity index (χ4n) is 3.38. The van der Waals surface area contributed by atoms with E-state index in [9.17, 15) is 8.42 Å². The van der Waals surface area contributed by atoms with Crippen LogP contribution in [0.5, 0.6) is 5.75 Å². The molecule has 0 saturated carbocycles. The number of ether oxygens (including phenoxy) is 1. The first-order valence-electron chi connectivity index (χ1n) is 10.3. The van der Waals surface area contributed by atoms with Crippen LogP contribution in [0, 0.1) is 0 Å². The van der Waals surface area contributed by atoms with Gasteiger partial charge in [0, 0.05) is 26.7 Å². The number of hydrogen-bond donors (Lipinski definition) is 3. The van der Waals surface area contributed by atoms with Crippen LogP contribution in [0.15, 0.2) is 29.3 Å². The van der Waals surface area contributed by atoms with Gasteiger partial charge in [0.1, 0.15) is 5.75 Å². The van der Waals surface area contributed by atoms with Gasteiger partial charge in [0.2, 0.25) is 10.0 Å². The molecule has 1 fully saturated rings. The van der Waals surface area contributed by atoms with Gasteiger partial charge in [-0.15, -0.1) is 24.0 Å². The summed E-state index contributed by atoms with van der Waals surface area (Å²) in [5.41, 5.74) is 1.25. The molecule has 1 heterocycles. The third kappa shape index (κ3) is 8.94. The number of nitrogens with one attached hydrogen (secondary N) is 3. The van der Waals surface area contributed by atoms with Gasteiger partial charge in [0.25, 0.3) is 0 Å². The molecule has 1 unspecified atom stereocenters. The van der Waals surface area contributed by atoms with Crippen molar-refractivity contribution in [2.75, 3.05) is 52.6 Å². The number of sulfonamides is 1. The van der Waals surface area contributed by atoms with E-state index in [1.807, 2.05) is 12.1 Å². The first-order valence-corrected chi connectivity index (χ1v) is 11.9. The van der Waals surface area contributed by atoms with Crippen molar-refractivity contribution in [1.29, 1.82) is 0 Å². The van der Waals surface area contributed by atoms with Crippen LogP contribution in [0.1, 0.15) is 37.8 Å². The van der Waals surface area contributed by atoms with Crippen molar-refractivity contribution in [1.82, 2.24) is 20.3 Å². The van der Waals surface area contributed by atoms with Crippen molar-refractivity contribution in [3.63, 3.8) is 0 Å². The molecule has 30 heavy (non-hydrogen) atoms. The van der Waals surface area contributed by atoms with E-state index in [2.05, 4.69) is 37.4 Å². The van der Waals surface area contributed by atoms with E-state index in [0.717, 1.165) is 31.3 Å². The molecule has 172 valence electrons. The van der Waals surface area contributed by atoms with E-state index in [-0.39, 0.29) is 35.8 Å². The zero-order chi connectivity index (χ0) is 21.1. The Kier molecular flexibility index (Phi) is 12.6. The minimum absolute atomic E-state index is 0. The van der Waals surface area contributed by atoms with Crippen LogP contribution in [-0.2, 0) is 10.0 Å². The highest BCUT2D eigenvalue weighted by Crippen LogP contribution is 2.26. The van der Waals surface area contributed by atoms with Gasteiger partial charge in [-0.1, -0.05) is 12.1 Å². The zero-order valence-electron chi connectivity index (χ0n) is 18.2. The number of guanidine groups is 1. The summed E-state index contributed by atoms with van der Waals surface area (Å²) < 4.78 is 30.8. The smallest absolute Gasteiger partial charge is 0.211 e. The molecule has 0 aliphatic carbocycles. The minimum Gasteiger partial charge on any atom is -0.497 e. The number of nitrogens with zero attached hydrogens (tertiary/aromatic N) is 2. The maximum atomic E-state index is 11.5. The number of halogens is 1. The van der Waals surface area contributed by atoms with E-state index in [1.165, 1.54) is 18.4 Å². The van der Waals surface area contributed by atoms with Crippen molar-refractivity contribution in [2.24, 2.45) is 4.99 Å². The molecular weight excluding hydrogens is 517 g/mol. The summed E-state index contributed by atoms with van der Waals surface area (Å²) in [5.74, 6) is 1.69. The molecule has 10 heteroatoms. The van der Waals surface area contributed by atoms with Crippen LogP contribution in [0.2, 0.25) is 0 Å². The van der Waals surface area contributed by atoms with E-state index in [4.69, 9.17) is 4.74 Å². The summed E-state index contributed by atoms with van der Waals surface area (Å²) in [7, 11) is 0.291. The van der Waals surface area contributed by atoms with Gasteiger partial charge >= 0.3 is 0 Å². The Morgan fingerprint density at radius 1 is 1.17 bits per heavy atom. The van der Waals surface area contributed by atoms with Gasteiger partial charge < -0.3 is 15.4 Å². The predicted molar refractivity (Wildman–Crippen MR) is 133 cm³/mol. The van der Waals surface area contributed by atoms with Gasteiger partial charge in [0.05, 0.1) is 18.9 Å². The SMILES string of the molecule is CCS(=O)(=O)NCCCNC(=NC)NCC(c1ccc(OC)cc1)N1CCCC1.I. The van der Waals surface area contributed by atoms with Crippen LogP contribution in [0.4, 0.5) is 0 Å². The summed E-state index contributed by atoms with van der Waals surface area (Å²) in [4.78, 5) is 6.79. The van der Waals surface area contributed by atoms with Crippen LogP contribution < -0.4 is 20.1 Å². The molecule has 1 aromatic carbocycles. The number of rotatable bonds is 11. The number of aliphatic imine (C=N–C) groups is 1. The lowest BCUT2D eigenvalue weighted by molar-refractivity contribution is 0.245. The molecule has 1 aromatic rings. The van der Waals surface area contributed by atoms with Crippen molar-refractivity contribution in [3.8, 4) is 5.75 Å². The predicted octanol–water partition coefficient (Wildman–Crippen LogP) is 1.94. The van der Waals surface area contributed by atoms with E-state index >= 15 is 0 Å². The molecule has 8 nitrogen and oxygen atoms in total. The molecule has 0 amide bonds. The Morgan fingerprint density at radius 3 is 2.40 bits per heavy atom.